The Kier molecular flexibility index (Phi) is 4.24. The topological polar surface area (TPSA) is 70.5 Å². The first kappa shape index (κ1) is 14.3. The van der Waals surface area contributed by atoms with Crippen LogP contribution in [0.4, 0.5) is 0 Å². The number of halogens is 1. The maximum absolute atomic E-state index is 11.4. The van der Waals surface area contributed by atoms with Gasteiger partial charge in [0.2, 0.25) is 0 Å². The summed E-state index contributed by atoms with van der Waals surface area (Å²) in [6.45, 7) is 1.58. The highest BCUT2D eigenvalue weighted by Gasteiger charge is 2.18. The maximum atomic E-state index is 11.4. The normalized spacial score (nSPS) is 12.0. The number of benzene rings is 1. The molecular formula is C13H13ClN2O4. The molecule has 0 radical (unpaired) electrons. The standard InChI is InChI=1S/C13H13ClN2O4/c1-7(13(17)19-3)20-11-4-8-9(5-10(11)18-2)15-6-16-12(8)14/h4-7H,1-3H3. The first-order chi connectivity index (χ1) is 9.56. The van der Waals surface area contributed by atoms with Crippen LogP contribution in [0.1, 0.15) is 6.92 Å². The molecule has 6 nitrogen and oxygen atoms in total. The van der Waals surface area contributed by atoms with E-state index >= 15 is 0 Å². The second kappa shape index (κ2) is 5.92. The molecule has 1 aromatic heterocycles. The number of aromatic nitrogens is 2. The van der Waals surface area contributed by atoms with Crippen molar-refractivity contribution >= 4 is 28.5 Å². The van der Waals surface area contributed by atoms with Crippen LogP contribution in [0.5, 0.6) is 11.5 Å². The summed E-state index contributed by atoms with van der Waals surface area (Å²) in [5, 5.41) is 0.912. The Morgan fingerprint density at radius 3 is 2.65 bits per heavy atom. The number of carbonyl (C=O) groups excluding carboxylic acids is 1. The summed E-state index contributed by atoms with van der Waals surface area (Å²) in [6.07, 6.45) is 0.594. The molecule has 7 heteroatoms. The van der Waals surface area contributed by atoms with Crippen molar-refractivity contribution < 1.29 is 19.0 Å². The third-order valence-electron chi connectivity index (χ3n) is 2.71. The van der Waals surface area contributed by atoms with Crippen molar-refractivity contribution in [2.24, 2.45) is 0 Å². The van der Waals surface area contributed by atoms with Gasteiger partial charge in [-0.3, -0.25) is 0 Å². The lowest BCUT2D eigenvalue weighted by molar-refractivity contribution is -0.147. The molecule has 2 aromatic rings. The van der Waals surface area contributed by atoms with Crippen LogP contribution in [0, 0.1) is 0 Å². The quantitative estimate of drug-likeness (QED) is 0.636. The molecule has 0 amide bonds. The number of methoxy groups -OCH3 is 2. The minimum atomic E-state index is -0.769. The van der Waals surface area contributed by atoms with Gasteiger partial charge in [-0.25, -0.2) is 14.8 Å². The van der Waals surface area contributed by atoms with Gasteiger partial charge in [-0.05, 0) is 13.0 Å². The molecular weight excluding hydrogens is 284 g/mol. The Morgan fingerprint density at radius 2 is 2.00 bits per heavy atom. The molecule has 0 saturated heterocycles. The number of esters is 1. The number of fused-ring (bicyclic) bond motifs is 1. The van der Waals surface area contributed by atoms with E-state index in [0.717, 1.165) is 0 Å². The van der Waals surface area contributed by atoms with Gasteiger partial charge in [0, 0.05) is 11.5 Å². The summed E-state index contributed by atoms with van der Waals surface area (Å²) < 4.78 is 15.4. The molecule has 0 aliphatic carbocycles. The van der Waals surface area contributed by atoms with Gasteiger partial charge in [0.15, 0.2) is 17.6 Å². The highest BCUT2D eigenvalue weighted by molar-refractivity contribution is 6.34. The van der Waals surface area contributed by atoms with E-state index in [1.807, 2.05) is 0 Å². The van der Waals surface area contributed by atoms with E-state index in [2.05, 4.69) is 14.7 Å². The van der Waals surface area contributed by atoms with E-state index in [1.165, 1.54) is 20.5 Å². The monoisotopic (exact) mass is 296 g/mol. The van der Waals surface area contributed by atoms with Crippen LogP contribution >= 0.6 is 11.6 Å². The number of hydrogen-bond donors (Lipinski definition) is 0. The molecule has 0 saturated carbocycles. The Bertz CT molecular complexity index is 648. The number of carbonyl (C=O) groups is 1. The summed E-state index contributed by atoms with van der Waals surface area (Å²) in [4.78, 5) is 19.4. The van der Waals surface area contributed by atoms with Crippen molar-refractivity contribution in [1.82, 2.24) is 9.97 Å². The third-order valence-corrected chi connectivity index (χ3v) is 3.01. The Balaban J connectivity index is 2.46. The average molecular weight is 297 g/mol. The fraction of sp³-hybridized carbons (Fsp3) is 0.308. The summed E-state index contributed by atoms with van der Waals surface area (Å²) in [5.74, 6) is 0.333. The minimum Gasteiger partial charge on any atom is -0.493 e. The fourth-order valence-electron chi connectivity index (χ4n) is 1.69. The lowest BCUT2D eigenvalue weighted by Gasteiger charge is -2.15. The SMILES string of the molecule is COC(=O)C(C)Oc1cc2c(Cl)ncnc2cc1OC. The van der Waals surface area contributed by atoms with Gasteiger partial charge in [0.25, 0.3) is 0 Å². The lowest BCUT2D eigenvalue weighted by Crippen LogP contribution is -2.25. The molecule has 1 atom stereocenters. The van der Waals surface area contributed by atoms with Crippen molar-refractivity contribution in [2.45, 2.75) is 13.0 Å². The number of rotatable bonds is 4. The van der Waals surface area contributed by atoms with Crippen LogP contribution < -0.4 is 9.47 Å². The van der Waals surface area contributed by atoms with E-state index < -0.39 is 12.1 Å². The predicted molar refractivity (Wildman–Crippen MR) is 73.2 cm³/mol. The van der Waals surface area contributed by atoms with Gasteiger partial charge in [-0.15, -0.1) is 0 Å². The van der Waals surface area contributed by atoms with Gasteiger partial charge in [-0.1, -0.05) is 11.6 Å². The predicted octanol–water partition coefficient (Wildman–Crippen LogP) is 2.23. The van der Waals surface area contributed by atoms with Crippen molar-refractivity contribution in [3.05, 3.63) is 23.6 Å². The first-order valence-corrected chi connectivity index (χ1v) is 6.17. The van der Waals surface area contributed by atoms with Gasteiger partial charge < -0.3 is 14.2 Å². The largest absolute Gasteiger partial charge is 0.493 e. The first-order valence-electron chi connectivity index (χ1n) is 5.79. The van der Waals surface area contributed by atoms with Crippen LogP contribution in [-0.4, -0.2) is 36.3 Å². The van der Waals surface area contributed by atoms with Crippen molar-refractivity contribution in [1.29, 1.82) is 0 Å². The molecule has 1 heterocycles. The Morgan fingerprint density at radius 1 is 1.25 bits per heavy atom. The van der Waals surface area contributed by atoms with E-state index in [9.17, 15) is 4.79 Å². The Hall–Kier alpha value is -2.08. The van der Waals surface area contributed by atoms with E-state index in [0.29, 0.717) is 27.6 Å². The molecule has 20 heavy (non-hydrogen) atoms. The highest BCUT2D eigenvalue weighted by Crippen LogP contribution is 2.34. The van der Waals surface area contributed by atoms with E-state index in [1.54, 1.807) is 19.1 Å². The molecule has 0 aliphatic heterocycles. The van der Waals surface area contributed by atoms with Crippen LogP contribution in [0.3, 0.4) is 0 Å². The second-order valence-corrected chi connectivity index (χ2v) is 4.33. The summed E-state index contributed by atoms with van der Waals surface area (Å²) in [6, 6.07) is 3.30. The van der Waals surface area contributed by atoms with Crippen LogP contribution in [0.25, 0.3) is 10.9 Å². The minimum absolute atomic E-state index is 0.299. The smallest absolute Gasteiger partial charge is 0.346 e. The molecule has 0 N–H and O–H groups in total. The van der Waals surface area contributed by atoms with Crippen LogP contribution in [0.15, 0.2) is 18.5 Å². The zero-order valence-electron chi connectivity index (χ0n) is 11.2. The molecule has 2 rings (SSSR count). The maximum Gasteiger partial charge on any atom is 0.346 e. The second-order valence-electron chi connectivity index (χ2n) is 3.97. The van der Waals surface area contributed by atoms with Gasteiger partial charge in [0.05, 0.1) is 19.7 Å². The molecule has 106 valence electrons. The third kappa shape index (κ3) is 2.75. The molecule has 0 aliphatic rings. The van der Waals surface area contributed by atoms with E-state index in [-0.39, 0.29) is 0 Å². The van der Waals surface area contributed by atoms with Gasteiger partial charge in [-0.2, -0.15) is 0 Å². The molecule has 0 bridgehead atoms. The number of ether oxygens (including phenoxy) is 3. The van der Waals surface area contributed by atoms with Crippen LogP contribution in [0.2, 0.25) is 5.15 Å². The van der Waals surface area contributed by atoms with Crippen molar-refractivity contribution in [2.75, 3.05) is 14.2 Å². The zero-order chi connectivity index (χ0) is 14.7. The highest BCUT2D eigenvalue weighted by atomic mass is 35.5. The molecule has 1 unspecified atom stereocenters. The van der Waals surface area contributed by atoms with Crippen LogP contribution in [-0.2, 0) is 9.53 Å². The zero-order valence-corrected chi connectivity index (χ0v) is 12.0. The fourth-order valence-corrected chi connectivity index (χ4v) is 1.88. The summed E-state index contributed by atoms with van der Waals surface area (Å²) in [5.41, 5.74) is 0.625. The molecule has 0 spiro atoms. The lowest BCUT2D eigenvalue weighted by atomic mass is 10.2. The average Bonchev–Trinajstić information content (AvgIpc) is 2.46. The van der Waals surface area contributed by atoms with E-state index in [4.69, 9.17) is 21.1 Å². The van der Waals surface area contributed by atoms with Gasteiger partial charge in [0.1, 0.15) is 11.5 Å². The summed E-state index contributed by atoms with van der Waals surface area (Å²) in [7, 11) is 2.80. The Labute approximate surface area is 120 Å². The van der Waals surface area contributed by atoms with Crippen molar-refractivity contribution in [3.8, 4) is 11.5 Å². The number of nitrogens with zero attached hydrogens (tertiary/aromatic N) is 2. The molecule has 1 aromatic carbocycles. The van der Waals surface area contributed by atoms with Crippen molar-refractivity contribution in [3.63, 3.8) is 0 Å². The summed E-state index contributed by atoms with van der Waals surface area (Å²) >= 11 is 6.01. The molecule has 0 fully saturated rings. The van der Waals surface area contributed by atoms with Gasteiger partial charge >= 0.3 is 5.97 Å². The number of hydrogen-bond acceptors (Lipinski definition) is 6.